The number of carbonyl (C=O) groups excluding carboxylic acids is 1. The first-order chi connectivity index (χ1) is 10.2. The van der Waals surface area contributed by atoms with Gasteiger partial charge in [-0.15, -0.1) is 0 Å². The van der Waals surface area contributed by atoms with Gasteiger partial charge in [0.2, 0.25) is 5.91 Å². The third-order valence-corrected chi connectivity index (χ3v) is 3.19. The van der Waals surface area contributed by atoms with Crippen LogP contribution in [0.3, 0.4) is 0 Å². The topological polar surface area (TPSA) is 38.3 Å². The molecule has 2 aromatic rings. The molecular weight excluding hydrogens is 293 g/mol. The van der Waals surface area contributed by atoms with E-state index in [1.54, 1.807) is 6.07 Å². The van der Waals surface area contributed by atoms with Crippen LogP contribution in [0.5, 0.6) is 5.75 Å². The molecule has 0 unspecified atom stereocenters. The third kappa shape index (κ3) is 4.76. The van der Waals surface area contributed by atoms with Gasteiger partial charge in [0, 0.05) is 10.6 Å². The van der Waals surface area contributed by atoms with Crippen LogP contribution in [0.25, 0.3) is 0 Å². The van der Waals surface area contributed by atoms with Crippen LogP contribution >= 0.6 is 11.6 Å². The van der Waals surface area contributed by atoms with Crippen LogP contribution in [0.4, 0.5) is 4.39 Å². The molecule has 0 heterocycles. The van der Waals surface area contributed by atoms with Crippen molar-refractivity contribution in [2.45, 2.75) is 6.42 Å². The second kappa shape index (κ2) is 7.64. The average Bonchev–Trinajstić information content (AvgIpc) is 2.49. The summed E-state index contributed by atoms with van der Waals surface area (Å²) in [5.41, 5.74) is 0.209. The van der Waals surface area contributed by atoms with Gasteiger partial charge in [-0.3, -0.25) is 4.79 Å². The lowest BCUT2D eigenvalue weighted by molar-refractivity contribution is -0.120. The molecule has 21 heavy (non-hydrogen) atoms. The Morgan fingerprint density at radius 3 is 2.62 bits per heavy atom. The number of halogens is 2. The fourth-order valence-electron chi connectivity index (χ4n) is 1.80. The van der Waals surface area contributed by atoms with Crippen molar-refractivity contribution >= 4 is 17.5 Å². The molecule has 0 aromatic heterocycles. The third-order valence-electron chi connectivity index (χ3n) is 2.84. The maximum Gasteiger partial charge on any atom is 0.224 e. The van der Waals surface area contributed by atoms with Gasteiger partial charge in [0.15, 0.2) is 0 Å². The number of carbonyl (C=O) groups is 1. The predicted octanol–water partition coefficient (Wildman–Crippen LogP) is 3.22. The van der Waals surface area contributed by atoms with Crippen LogP contribution in [-0.2, 0) is 11.2 Å². The molecule has 0 radical (unpaired) electrons. The summed E-state index contributed by atoms with van der Waals surface area (Å²) in [6, 6.07) is 13.7. The highest BCUT2D eigenvalue weighted by molar-refractivity contribution is 6.31. The zero-order chi connectivity index (χ0) is 15.1. The lowest BCUT2D eigenvalue weighted by atomic mass is 10.1. The van der Waals surface area contributed by atoms with Gasteiger partial charge in [0.1, 0.15) is 18.2 Å². The van der Waals surface area contributed by atoms with E-state index in [-0.39, 0.29) is 22.9 Å². The second-order valence-electron chi connectivity index (χ2n) is 4.39. The molecular formula is C16H15ClFNO2. The SMILES string of the molecule is O=C(Cc1c(F)cccc1Cl)NCCOc1ccccc1. The quantitative estimate of drug-likeness (QED) is 0.832. The fraction of sp³-hybridized carbons (Fsp3) is 0.188. The van der Waals surface area contributed by atoms with E-state index in [1.807, 2.05) is 30.3 Å². The van der Waals surface area contributed by atoms with Crippen LogP contribution < -0.4 is 10.1 Å². The number of hydrogen-bond donors (Lipinski definition) is 1. The number of ether oxygens (including phenoxy) is 1. The van der Waals surface area contributed by atoms with Crippen LogP contribution in [-0.4, -0.2) is 19.1 Å². The van der Waals surface area contributed by atoms with E-state index in [9.17, 15) is 9.18 Å². The Hall–Kier alpha value is -2.07. The first kappa shape index (κ1) is 15.3. The maximum atomic E-state index is 13.5. The lowest BCUT2D eigenvalue weighted by Crippen LogP contribution is -2.29. The molecule has 0 spiro atoms. The molecule has 2 rings (SSSR count). The van der Waals surface area contributed by atoms with Crippen molar-refractivity contribution < 1.29 is 13.9 Å². The molecule has 0 saturated carbocycles. The summed E-state index contributed by atoms with van der Waals surface area (Å²) in [4.78, 5) is 11.7. The zero-order valence-corrected chi connectivity index (χ0v) is 12.1. The van der Waals surface area contributed by atoms with E-state index in [4.69, 9.17) is 16.3 Å². The molecule has 2 aromatic carbocycles. The lowest BCUT2D eigenvalue weighted by Gasteiger charge is -2.09. The Balaban J connectivity index is 1.75. The summed E-state index contributed by atoms with van der Waals surface area (Å²) in [6.45, 7) is 0.695. The van der Waals surface area contributed by atoms with Crippen LogP contribution in [0.15, 0.2) is 48.5 Å². The normalized spacial score (nSPS) is 10.2. The minimum atomic E-state index is -0.474. The highest BCUT2D eigenvalue weighted by Crippen LogP contribution is 2.19. The maximum absolute atomic E-state index is 13.5. The summed E-state index contributed by atoms with van der Waals surface area (Å²) in [7, 11) is 0. The summed E-state index contributed by atoms with van der Waals surface area (Å²) in [5, 5.41) is 2.92. The van der Waals surface area contributed by atoms with Crippen molar-refractivity contribution in [1.29, 1.82) is 0 Å². The van der Waals surface area contributed by atoms with Crippen LogP contribution in [0.2, 0.25) is 5.02 Å². The number of amides is 1. The summed E-state index contributed by atoms with van der Waals surface area (Å²) >= 11 is 5.87. The van der Waals surface area contributed by atoms with Gasteiger partial charge in [-0.1, -0.05) is 35.9 Å². The van der Waals surface area contributed by atoms with E-state index < -0.39 is 5.82 Å². The molecule has 0 bridgehead atoms. The number of nitrogens with one attached hydrogen (secondary N) is 1. The Bertz CT molecular complexity index is 584. The van der Waals surface area contributed by atoms with E-state index in [2.05, 4.69) is 5.32 Å². The first-order valence-corrected chi connectivity index (χ1v) is 6.92. The second-order valence-corrected chi connectivity index (χ2v) is 4.80. The Morgan fingerprint density at radius 2 is 1.90 bits per heavy atom. The van der Waals surface area contributed by atoms with Crippen molar-refractivity contribution in [1.82, 2.24) is 5.32 Å². The van der Waals surface area contributed by atoms with Gasteiger partial charge in [-0.05, 0) is 24.3 Å². The molecule has 110 valence electrons. The fourth-order valence-corrected chi connectivity index (χ4v) is 2.03. The Kier molecular flexibility index (Phi) is 5.58. The molecule has 3 nitrogen and oxygen atoms in total. The van der Waals surface area contributed by atoms with Crippen LogP contribution in [0, 0.1) is 5.82 Å². The van der Waals surface area contributed by atoms with E-state index in [0.29, 0.717) is 13.2 Å². The molecule has 0 saturated heterocycles. The van der Waals surface area contributed by atoms with E-state index in [0.717, 1.165) is 5.75 Å². The van der Waals surface area contributed by atoms with Gasteiger partial charge in [-0.2, -0.15) is 0 Å². The van der Waals surface area contributed by atoms with Crippen molar-refractivity contribution in [3.05, 3.63) is 64.9 Å². The van der Waals surface area contributed by atoms with Crippen molar-refractivity contribution in [3.8, 4) is 5.75 Å². The smallest absolute Gasteiger partial charge is 0.224 e. The number of para-hydroxylation sites is 1. The van der Waals surface area contributed by atoms with Gasteiger partial charge in [0.05, 0.1) is 13.0 Å². The molecule has 0 fully saturated rings. The molecule has 5 heteroatoms. The minimum absolute atomic E-state index is 0.0865. The van der Waals surface area contributed by atoms with Gasteiger partial charge >= 0.3 is 0 Å². The molecule has 1 amide bonds. The monoisotopic (exact) mass is 307 g/mol. The Labute approximate surface area is 127 Å². The zero-order valence-electron chi connectivity index (χ0n) is 11.3. The first-order valence-electron chi connectivity index (χ1n) is 6.54. The highest BCUT2D eigenvalue weighted by Gasteiger charge is 2.11. The molecule has 0 aliphatic carbocycles. The van der Waals surface area contributed by atoms with E-state index >= 15 is 0 Å². The summed E-state index contributed by atoms with van der Waals surface area (Å²) < 4.78 is 19.0. The largest absolute Gasteiger partial charge is 0.492 e. The number of benzene rings is 2. The Morgan fingerprint density at radius 1 is 1.14 bits per heavy atom. The predicted molar refractivity (Wildman–Crippen MR) is 80.1 cm³/mol. The van der Waals surface area contributed by atoms with Crippen LogP contribution in [0.1, 0.15) is 5.56 Å². The standard InChI is InChI=1S/C16H15ClFNO2/c17-14-7-4-8-15(18)13(14)11-16(20)19-9-10-21-12-5-2-1-3-6-12/h1-8H,9-11H2,(H,19,20). The summed E-state index contributed by atoms with van der Waals surface area (Å²) in [5.74, 6) is -0.0271. The summed E-state index contributed by atoms with van der Waals surface area (Å²) in [6.07, 6.45) is -0.0865. The molecule has 0 aliphatic rings. The molecule has 0 atom stereocenters. The van der Waals surface area contributed by atoms with Gasteiger partial charge in [-0.25, -0.2) is 4.39 Å². The van der Waals surface area contributed by atoms with Gasteiger partial charge in [0.25, 0.3) is 0 Å². The van der Waals surface area contributed by atoms with E-state index in [1.165, 1.54) is 12.1 Å². The molecule has 0 aliphatic heterocycles. The highest BCUT2D eigenvalue weighted by atomic mass is 35.5. The number of rotatable bonds is 6. The minimum Gasteiger partial charge on any atom is -0.492 e. The van der Waals surface area contributed by atoms with Crippen molar-refractivity contribution in [2.75, 3.05) is 13.2 Å². The number of hydrogen-bond acceptors (Lipinski definition) is 2. The van der Waals surface area contributed by atoms with Crippen molar-refractivity contribution in [2.24, 2.45) is 0 Å². The average molecular weight is 308 g/mol. The van der Waals surface area contributed by atoms with Gasteiger partial charge < -0.3 is 10.1 Å². The van der Waals surface area contributed by atoms with Crippen molar-refractivity contribution in [3.63, 3.8) is 0 Å². The molecule has 1 N–H and O–H groups in total.